The van der Waals surface area contributed by atoms with Crippen LogP contribution in [-0.4, -0.2) is 34.1 Å². The van der Waals surface area contributed by atoms with Crippen molar-refractivity contribution in [1.82, 2.24) is 14.5 Å². The summed E-state index contributed by atoms with van der Waals surface area (Å²) in [6, 6.07) is 0. The molecule has 72 valence electrons. The van der Waals surface area contributed by atoms with E-state index in [0.29, 0.717) is 5.54 Å². The molecule has 1 aliphatic rings. The molecular formula is C9H15N3S. The quantitative estimate of drug-likeness (QED) is 0.745. The highest BCUT2D eigenvalue weighted by Gasteiger charge is 2.44. The number of nitrogens with zero attached hydrogens (tertiary/aromatic N) is 2. The lowest BCUT2D eigenvalue weighted by molar-refractivity contribution is 0.241. The summed E-state index contributed by atoms with van der Waals surface area (Å²) in [6.07, 6.45) is 6.49. The molecule has 0 bridgehead atoms. The minimum Gasteiger partial charge on any atom is -0.337 e. The molecule has 4 heteroatoms. The topological polar surface area (TPSA) is 24.0 Å². The lowest BCUT2D eigenvalue weighted by Crippen LogP contribution is -2.34. The first-order chi connectivity index (χ1) is 6.14. The number of hydrogen-bond acceptors (Lipinski definition) is 2. The van der Waals surface area contributed by atoms with Gasteiger partial charge in [-0.25, -0.2) is 0 Å². The Labute approximate surface area is 83.4 Å². The van der Waals surface area contributed by atoms with Crippen LogP contribution in [0.4, 0.5) is 0 Å². The third-order valence-electron chi connectivity index (χ3n) is 2.96. The van der Waals surface area contributed by atoms with E-state index in [0.717, 1.165) is 11.3 Å². The number of likely N-dealkylation sites (N-methyl/N-ethyl adjacent to an activating group) is 1. The molecule has 0 radical (unpaired) electrons. The van der Waals surface area contributed by atoms with Crippen LogP contribution in [0.5, 0.6) is 0 Å². The molecule has 1 N–H and O–H groups in total. The standard InChI is InChI=1S/C9H15N3S/c1-11(2)9(3-4-9)7-12-6-5-10-8(12)13/h5-6H,3-4,7H2,1-2H3,(H,10,13). The Hall–Kier alpha value is -0.610. The molecule has 0 saturated heterocycles. The highest BCUT2D eigenvalue weighted by Crippen LogP contribution is 2.41. The first kappa shape index (κ1) is 8.97. The van der Waals surface area contributed by atoms with Gasteiger partial charge in [0.05, 0.1) is 0 Å². The maximum absolute atomic E-state index is 5.16. The summed E-state index contributed by atoms with van der Waals surface area (Å²) in [5, 5.41) is 0. The summed E-state index contributed by atoms with van der Waals surface area (Å²) >= 11 is 5.16. The number of rotatable bonds is 3. The molecule has 0 amide bonds. The van der Waals surface area contributed by atoms with Crippen molar-refractivity contribution in [2.45, 2.75) is 24.9 Å². The monoisotopic (exact) mass is 197 g/mol. The average molecular weight is 197 g/mol. The summed E-state index contributed by atoms with van der Waals surface area (Å²) in [7, 11) is 4.28. The maximum atomic E-state index is 5.16. The Morgan fingerprint density at radius 1 is 1.62 bits per heavy atom. The number of nitrogens with one attached hydrogen (secondary N) is 1. The van der Waals surface area contributed by atoms with E-state index in [9.17, 15) is 0 Å². The fraction of sp³-hybridized carbons (Fsp3) is 0.667. The van der Waals surface area contributed by atoms with Crippen molar-refractivity contribution in [2.24, 2.45) is 0 Å². The van der Waals surface area contributed by atoms with Crippen molar-refractivity contribution in [1.29, 1.82) is 0 Å². The van der Waals surface area contributed by atoms with Gasteiger partial charge in [-0.15, -0.1) is 0 Å². The second-order valence-corrected chi connectivity index (χ2v) is 4.40. The van der Waals surface area contributed by atoms with E-state index >= 15 is 0 Å². The van der Waals surface area contributed by atoms with Gasteiger partial charge < -0.3 is 14.5 Å². The van der Waals surface area contributed by atoms with E-state index < -0.39 is 0 Å². The molecular weight excluding hydrogens is 182 g/mol. The number of aromatic nitrogens is 2. The van der Waals surface area contributed by atoms with Crippen molar-refractivity contribution in [3.63, 3.8) is 0 Å². The molecule has 0 aliphatic heterocycles. The van der Waals surface area contributed by atoms with Crippen LogP contribution in [0.3, 0.4) is 0 Å². The Kier molecular flexibility index (Phi) is 2.04. The molecule has 0 unspecified atom stereocenters. The highest BCUT2D eigenvalue weighted by molar-refractivity contribution is 7.71. The van der Waals surface area contributed by atoms with Crippen LogP contribution in [0.25, 0.3) is 0 Å². The van der Waals surface area contributed by atoms with E-state index in [-0.39, 0.29) is 0 Å². The molecule has 0 spiro atoms. The molecule has 3 nitrogen and oxygen atoms in total. The first-order valence-electron chi connectivity index (χ1n) is 4.55. The molecule has 2 rings (SSSR count). The largest absolute Gasteiger partial charge is 0.337 e. The van der Waals surface area contributed by atoms with Crippen LogP contribution in [0.2, 0.25) is 0 Å². The van der Waals surface area contributed by atoms with Gasteiger partial charge in [0.1, 0.15) is 0 Å². The predicted octanol–water partition coefficient (Wildman–Crippen LogP) is 1.64. The minimum absolute atomic E-state index is 0.375. The van der Waals surface area contributed by atoms with Crippen molar-refractivity contribution in [3.8, 4) is 0 Å². The van der Waals surface area contributed by atoms with Gasteiger partial charge in [-0.05, 0) is 39.2 Å². The average Bonchev–Trinajstić information content (AvgIpc) is 2.74. The van der Waals surface area contributed by atoms with E-state index in [1.54, 1.807) is 0 Å². The van der Waals surface area contributed by atoms with Crippen LogP contribution in [-0.2, 0) is 6.54 Å². The number of H-pyrrole nitrogens is 1. The van der Waals surface area contributed by atoms with Gasteiger partial charge in [-0.2, -0.15) is 0 Å². The zero-order valence-electron chi connectivity index (χ0n) is 8.08. The Morgan fingerprint density at radius 3 is 2.69 bits per heavy atom. The first-order valence-corrected chi connectivity index (χ1v) is 4.96. The van der Waals surface area contributed by atoms with Gasteiger partial charge in [0, 0.05) is 24.5 Å². The van der Waals surface area contributed by atoms with E-state index in [1.165, 1.54) is 12.8 Å². The van der Waals surface area contributed by atoms with Crippen molar-refractivity contribution < 1.29 is 0 Å². The normalized spacial score (nSPS) is 19.3. The third-order valence-corrected chi connectivity index (χ3v) is 3.32. The van der Waals surface area contributed by atoms with Crippen LogP contribution in [0, 0.1) is 4.77 Å². The van der Waals surface area contributed by atoms with Gasteiger partial charge in [-0.1, -0.05) is 0 Å². The van der Waals surface area contributed by atoms with Crippen LogP contribution in [0.1, 0.15) is 12.8 Å². The molecule has 1 heterocycles. The number of hydrogen-bond donors (Lipinski definition) is 1. The van der Waals surface area contributed by atoms with Crippen LogP contribution >= 0.6 is 12.2 Å². The highest BCUT2D eigenvalue weighted by atomic mass is 32.1. The molecule has 1 aromatic rings. The zero-order valence-corrected chi connectivity index (χ0v) is 8.90. The summed E-state index contributed by atoms with van der Waals surface area (Å²) in [5.41, 5.74) is 0.375. The number of imidazole rings is 1. The second-order valence-electron chi connectivity index (χ2n) is 4.01. The fourth-order valence-electron chi connectivity index (χ4n) is 1.68. The SMILES string of the molecule is CN(C)C1(Cn2cc[nH]c2=S)CC1. The summed E-state index contributed by atoms with van der Waals surface area (Å²) in [6.45, 7) is 1.02. The molecule has 0 atom stereocenters. The lowest BCUT2D eigenvalue weighted by atomic mass is 10.2. The van der Waals surface area contributed by atoms with Crippen molar-refractivity contribution in [2.75, 3.05) is 14.1 Å². The second kappa shape index (κ2) is 2.96. The van der Waals surface area contributed by atoms with Crippen molar-refractivity contribution >= 4 is 12.2 Å². The smallest absolute Gasteiger partial charge is 0.177 e. The molecule has 1 aromatic heterocycles. The summed E-state index contributed by atoms with van der Waals surface area (Å²) in [4.78, 5) is 5.32. The van der Waals surface area contributed by atoms with Crippen molar-refractivity contribution in [3.05, 3.63) is 17.2 Å². The van der Waals surface area contributed by atoms with Crippen LogP contribution in [0.15, 0.2) is 12.4 Å². The Bertz CT molecular complexity index is 346. The molecule has 0 aromatic carbocycles. The zero-order chi connectivity index (χ0) is 9.47. The van der Waals surface area contributed by atoms with Gasteiger partial charge in [0.25, 0.3) is 0 Å². The molecule has 1 aliphatic carbocycles. The van der Waals surface area contributed by atoms with Crippen LogP contribution < -0.4 is 0 Å². The number of aromatic amines is 1. The van der Waals surface area contributed by atoms with Gasteiger partial charge in [0.2, 0.25) is 0 Å². The summed E-state index contributed by atoms with van der Waals surface area (Å²) in [5.74, 6) is 0. The summed E-state index contributed by atoms with van der Waals surface area (Å²) < 4.78 is 2.94. The van der Waals surface area contributed by atoms with Gasteiger partial charge in [0.15, 0.2) is 4.77 Å². The van der Waals surface area contributed by atoms with E-state index in [4.69, 9.17) is 12.2 Å². The molecule has 1 fully saturated rings. The Balaban J connectivity index is 2.15. The minimum atomic E-state index is 0.375. The molecule has 1 saturated carbocycles. The van der Waals surface area contributed by atoms with E-state index in [1.807, 2.05) is 12.4 Å². The van der Waals surface area contributed by atoms with Gasteiger partial charge >= 0.3 is 0 Å². The van der Waals surface area contributed by atoms with Gasteiger partial charge in [-0.3, -0.25) is 0 Å². The maximum Gasteiger partial charge on any atom is 0.177 e. The fourth-order valence-corrected chi connectivity index (χ4v) is 1.88. The predicted molar refractivity (Wildman–Crippen MR) is 55.3 cm³/mol. The van der Waals surface area contributed by atoms with E-state index in [2.05, 4.69) is 28.5 Å². The molecule has 13 heavy (non-hydrogen) atoms. The lowest BCUT2D eigenvalue weighted by Gasteiger charge is -2.23. The third kappa shape index (κ3) is 1.56. The Morgan fingerprint density at radius 2 is 2.31 bits per heavy atom.